The van der Waals surface area contributed by atoms with Crippen LogP contribution in [-0.2, 0) is 33.2 Å². The van der Waals surface area contributed by atoms with E-state index in [4.69, 9.17) is 33.2 Å². The zero-order chi connectivity index (χ0) is 69.3. The quantitative estimate of drug-likeness (QED) is 0.0347. The monoisotopic (exact) mass is 1370 g/mol. The summed E-state index contributed by atoms with van der Waals surface area (Å²) < 4.78 is 41.2. The molecule has 2 fully saturated rings. The summed E-state index contributed by atoms with van der Waals surface area (Å²) >= 11 is 0. The Labute approximate surface area is 602 Å². The molecule has 0 bridgehead atoms. The van der Waals surface area contributed by atoms with Crippen LogP contribution in [0.4, 0.5) is 0 Å². The molecule has 0 spiro atoms. The summed E-state index contributed by atoms with van der Waals surface area (Å²) in [6.07, 6.45) is 80.3. The van der Waals surface area contributed by atoms with Crippen molar-refractivity contribution in [2.45, 2.75) is 399 Å². The topological polar surface area (TPSA) is 112 Å². The summed E-state index contributed by atoms with van der Waals surface area (Å²) in [5.74, 6) is 0.629. The van der Waals surface area contributed by atoms with E-state index in [-0.39, 0.29) is 12.2 Å². The highest BCUT2D eigenvalue weighted by molar-refractivity contribution is 5.06. The van der Waals surface area contributed by atoms with E-state index in [2.05, 4.69) is 56.6 Å². The minimum Gasteiger partial charge on any atom is -0.393 e. The average molecular weight is 1370 g/mol. The molecule has 0 saturated carbocycles. The van der Waals surface area contributed by atoms with E-state index >= 15 is 0 Å². The Morgan fingerprint density at radius 2 is 0.804 bits per heavy atom. The minimum atomic E-state index is -0.331. The first-order valence-corrected chi connectivity index (χ1v) is 42.8. The number of aliphatic hydroxyl groups excluding tert-OH is 2. The predicted octanol–water partition coefficient (Wildman–Crippen LogP) is 24.0. The second-order valence-corrected chi connectivity index (χ2v) is 29.9. The second-order valence-electron chi connectivity index (χ2n) is 29.9. The summed E-state index contributed by atoms with van der Waals surface area (Å²) in [5, 5.41) is 22.1. The Bertz CT molecular complexity index is 1700. The fraction of sp³-hybridized carbons (Fsp3) is 0.908. The van der Waals surface area contributed by atoms with Crippen LogP contribution in [0.2, 0.25) is 0 Å². The number of rotatable bonds is 79. The summed E-state index contributed by atoms with van der Waals surface area (Å²) in [6, 6.07) is 0. The van der Waals surface area contributed by atoms with E-state index in [1.807, 2.05) is 0 Å². The highest BCUT2D eigenvalue weighted by Gasteiger charge is 2.32. The van der Waals surface area contributed by atoms with E-state index in [0.717, 1.165) is 110 Å². The van der Waals surface area contributed by atoms with Crippen molar-refractivity contribution in [1.29, 1.82) is 0 Å². The lowest BCUT2D eigenvalue weighted by atomic mass is 9.90. The number of ether oxygens (including phenoxy) is 7. The lowest BCUT2D eigenvalue weighted by Crippen LogP contribution is -2.29. The molecule has 2 aliphatic heterocycles. The van der Waals surface area contributed by atoms with Gasteiger partial charge in [0.1, 0.15) is 0 Å². The van der Waals surface area contributed by atoms with Crippen molar-refractivity contribution >= 4 is 0 Å². The van der Waals surface area contributed by atoms with Crippen molar-refractivity contribution in [2.24, 2.45) is 5.92 Å². The fourth-order valence-corrected chi connectivity index (χ4v) is 14.0. The van der Waals surface area contributed by atoms with Gasteiger partial charge in [0.25, 0.3) is 0 Å². The van der Waals surface area contributed by atoms with Gasteiger partial charge in [-0.1, -0.05) is 338 Å². The van der Waals surface area contributed by atoms with Gasteiger partial charge in [0.15, 0.2) is 0 Å². The molecule has 572 valence electrons. The van der Waals surface area contributed by atoms with Crippen LogP contribution >= 0.6 is 0 Å². The molecule has 2 N–H and O–H groups in total. The van der Waals surface area contributed by atoms with Gasteiger partial charge in [0.05, 0.1) is 104 Å². The molecule has 0 amide bonds. The number of nitrogens with zero attached hydrogens (tertiary/aromatic N) is 1. The molecule has 2 rings (SSSR count). The summed E-state index contributed by atoms with van der Waals surface area (Å²) in [6.45, 7) is 23.0. The average Bonchev–Trinajstić information content (AvgIpc) is 1.98. The Hall–Kier alpha value is -1.44. The Morgan fingerprint density at radius 3 is 1.26 bits per heavy atom. The molecule has 4 unspecified atom stereocenters. The molecule has 10 nitrogen and oxygen atoms in total. The molecule has 2 saturated heterocycles. The van der Waals surface area contributed by atoms with Gasteiger partial charge < -0.3 is 48.3 Å². The van der Waals surface area contributed by atoms with Gasteiger partial charge in [-0.05, 0) is 102 Å². The van der Waals surface area contributed by atoms with Crippen LogP contribution in [-0.4, -0.2) is 139 Å². The van der Waals surface area contributed by atoms with Gasteiger partial charge in [-0.25, -0.2) is 0 Å². The van der Waals surface area contributed by atoms with E-state index in [0.29, 0.717) is 90.9 Å². The highest BCUT2D eigenvalue weighted by Crippen LogP contribution is 2.32. The number of epoxide rings is 1. The van der Waals surface area contributed by atoms with Crippen LogP contribution in [0, 0.1) is 5.92 Å². The van der Waals surface area contributed by atoms with Crippen LogP contribution in [0.3, 0.4) is 0 Å². The molecule has 4 atom stereocenters. The summed E-state index contributed by atoms with van der Waals surface area (Å²) in [5.41, 5.74) is 4.13. The molecule has 2 aliphatic rings. The molecule has 0 aromatic heterocycles. The van der Waals surface area contributed by atoms with Crippen LogP contribution < -0.4 is 0 Å². The van der Waals surface area contributed by atoms with Crippen LogP contribution in [0.15, 0.2) is 47.6 Å². The van der Waals surface area contributed by atoms with Crippen molar-refractivity contribution in [3.8, 4) is 0 Å². The third kappa shape index (κ3) is 66.3. The maximum Gasteiger partial charge on any atom is 0.0841 e. The van der Waals surface area contributed by atoms with Crippen molar-refractivity contribution in [3.63, 3.8) is 0 Å². The van der Waals surface area contributed by atoms with Gasteiger partial charge in [-0.15, -0.1) is 0 Å². The first-order valence-electron chi connectivity index (χ1n) is 42.8. The van der Waals surface area contributed by atoms with E-state index in [1.165, 1.54) is 287 Å². The molecule has 0 aliphatic carbocycles. The summed E-state index contributed by atoms with van der Waals surface area (Å²) in [4.78, 5) is 2.56. The van der Waals surface area contributed by atoms with Gasteiger partial charge in [0, 0.05) is 13.1 Å². The largest absolute Gasteiger partial charge is 0.393 e. The van der Waals surface area contributed by atoms with Gasteiger partial charge in [-0.3, -0.25) is 0 Å². The van der Waals surface area contributed by atoms with Crippen molar-refractivity contribution < 1.29 is 43.4 Å². The summed E-state index contributed by atoms with van der Waals surface area (Å²) in [7, 11) is 0. The van der Waals surface area contributed by atoms with Crippen LogP contribution in [0.25, 0.3) is 0 Å². The number of aliphatic hydroxyl groups is 2. The molecule has 10 heteroatoms. The second kappa shape index (κ2) is 74.3. The maximum atomic E-state index is 11.1. The van der Waals surface area contributed by atoms with Gasteiger partial charge in [-0.2, -0.15) is 0 Å². The first kappa shape index (κ1) is 91.6. The standard InChI is InChI=1S/C87H165NO9/c1-5-8-11-14-17-20-23-26-29-32-35-38-43-48-55-84(87-80-97-87)78-81(4)61-67-92-71-75-96-77-73-94-69-65-88-63-52-54-82(60-64-88)53-47-42-41-46-51-66-91-70-74-95-76-72-93-68-62-83(79-86(90)57-50-45-40-37-34-31-28-25-22-19-16-13-10-7-3)58-59-85(89)56-49-44-39-36-33-30-27-24-21-18-15-12-9-6-2/h41,46,53,58,84-87,89-90H,4-40,42-45,47-52,54-57,59-80H2,1-3H3/b46-41+,82-53-,83-58-. The molecule has 0 aromatic carbocycles. The Balaban J connectivity index is 1.46. The molecular weight excluding hydrogens is 1200 g/mol. The van der Waals surface area contributed by atoms with Gasteiger partial charge in [0.2, 0.25) is 0 Å². The molecule has 97 heavy (non-hydrogen) atoms. The van der Waals surface area contributed by atoms with E-state index < -0.39 is 0 Å². The Morgan fingerprint density at radius 1 is 0.423 bits per heavy atom. The SMILES string of the molecule is C=C(CCOCCOCCOCCN1CCC/C(=C/CC/C=C/CCOCCOCCOCC/C(=C/CC(O)CCCCCCCCCCCCCCCC)CC(O)CCCCCCCCCCCCCCCC)CC1)CC(CCCCCCCCCCCCCCCC)C1CO1. The van der Waals surface area contributed by atoms with Crippen LogP contribution in [0.5, 0.6) is 0 Å². The molecule has 0 radical (unpaired) electrons. The lowest BCUT2D eigenvalue weighted by Gasteiger charge is -2.19. The molecule has 0 aromatic rings. The predicted molar refractivity (Wildman–Crippen MR) is 417 cm³/mol. The number of unbranched alkanes of at least 4 members (excludes halogenated alkanes) is 40. The van der Waals surface area contributed by atoms with Crippen molar-refractivity contribution in [1.82, 2.24) is 4.90 Å². The first-order chi connectivity index (χ1) is 47.9. The third-order valence-electron chi connectivity index (χ3n) is 20.6. The zero-order valence-corrected chi connectivity index (χ0v) is 64.9. The normalized spacial score (nSPS) is 16.1. The maximum absolute atomic E-state index is 11.1. The van der Waals surface area contributed by atoms with Crippen LogP contribution in [0.1, 0.15) is 380 Å². The molecule has 2 heterocycles. The van der Waals surface area contributed by atoms with Gasteiger partial charge >= 0.3 is 0 Å². The minimum absolute atomic E-state index is 0.314. The number of hydrogen-bond donors (Lipinski definition) is 2. The van der Waals surface area contributed by atoms with Crippen molar-refractivity contribution in [2.75, 3.05) is 106 Å². The smallest absolute Gasteiger partial charge is 0.0841 e. The third-order valence-corrected chi connectivity index (χ3v) is 20.6. The number of allylic oxidation sites excluding steroid dienone is 2. The fourth-order valence-electron chi connectivity index (χ4n) is 14.0. The highest BCUT2D eigenvalue weighted by atomic mass is 16.6. The number of likely N-dealkylation sites (tertiary alicyclic amines) is 1. The molecular formula is C87H165NO9. The van der Waals surface area contributed by atoms with E-state index in [1.54, 1.807) is 5.57 Å². The van der Waals surface area contributed by atoms with Crippen molar-refractivity contribution in [3.05, 3.63) is 47.6 Å². The van der Waals surface area contributed by atoms with E-state index in [9.17, 15) is 10.2 Å². The lowest BCUT2D eigenvalue weighted by molar-refractivity contribution is 0.0111. The number of hydrogen-bond acceptors (Lipinski definition) is 10. The Kier molecular flexibility index (Phi) is 70.2. The zero-order valence-electron chi connectivity index (χ0n) is 64.9.